The highest BCUT2D eigenvalue weighted by Crippen LogP contribution is 2.43. The van der Waals surface area contributed by atoms with Gasteiger partial charge in [-0.1, -0.05) is 6.42 Å². The highest BCUT2D eigenvalue weighted by Gasteiger charge is 2.29. The van der Waals surface area contributed by atoms with Gasteiger partial charge in [0.15, 0.2) is 28.1 Å². The molecule has 0 fully saturated rings. The molecular formula is C22H39O7Si3. The fraction of sp³-hybridized carbons (Fsp3) is 0.591. The summed E-state index contributed by atoms with van der Waals surface area (Å²) in [5.74, 6) is 0.560. The molecule has 0 unspecified atom stereocenters. The quantitative estimate of drug-likeness (QED) is 0.210. The van der Waals surface area contributed by atoms with Gasteiger partial charge < -0.3 is 27.5 Å². The molecule has 1 rings (SSSR count). The van der Waals surface area contributed by atoms with Crippen LogP contribution in [-0.4, -0.2) is 58.3 Å². The average molecular weight is 500 g/mol. The Morgan fingerprint density at radius 2 is 1.50 bits per heavy atom. The molecule has 0 aliphatic rings. The molecule has 0 saturated carbocycles. The zero-order valence-corrected chi connectivity index (χ0v) is 24.0. The van der Waals surface area contributed by atoms with Gasteiger partial charge in [0.05, 0.1) is 21.3 Å². The van der Waals surface area contributed by atoms with Gasteiger partial charge in [-0.2, -0.15) is 0 Å². The first-order valence-electron chi connectivity index (χ1n) is 10.8. The first-order valence-corrected chi connectivity index (χ1v) is 19.1. The van der Waals surface area contributed by atoms with E-state index in [2.05, 4.69) is 39.3 Å². The summed E-state index contributed by atoms with van der Waals surface area (Å²) in [5.41, 5.74) is 1.64. The molecule has 0 heterocycles. The van der Waals surface area contributed by atoms with Crippen molar-refractivity contribution in [2.24, 2.45) is 0 Å². The molecule has 7 nitrogen and oxygen atoms in total. The number of hydrogen-bond donors (Lipinski definition) is 1. The normalized spacial score (nSPS) is 12.4. The molecule has 0 aliphatic carbocycles. The number of carboxylic acid groups (broad SMARTS) is 1. The third-order valence-electron chi connectivity index (χ3n) is 4.27. The van der Waals surface area contributed by atoms with Crippen LogP contribution in [0, 0.1) is 0 Å². The van der Waals surface area contributed by atoms with E-state index in [4.69, 9.17) is 27.5 Å². The van der Waals surface area contributed by atoms with E-state index < -0.39 is 31.9 Å². The van der Waals surface area contributed by atoms with Crippen molar-refractivity contribution in [3.05, 3.63) is 23.3 Å². The van der Waals surface area contributed by atoms with Crippen LogP contribution >= 0.6 is 0 Å². The minimum Gasteiger partial charge on any atom is -0.493 e. The number of methoxy groups -OCH3 is 3. The van der Waals surface area contributed by atoms with E-state index in [1.165, 1.54) is 0 Å². The van der Waals surface area contributed by atoms with Crippen LogP contribution in [0.2, 0.25) is 45.3 Å². The Morgan fingerprint density at radius 3 is 1.94 bits per heavy atom. The van der Waals surface area contributed by atoms with Gasteiger partial charge in [0, 0.05) is 11.6 Å². The van der Waals surface area contributed by atoms with Crippen molar-refractivity contribution in [2.45, 2.75) is 64.6 Å². The first kappa shape index (κ1) is 28.4. The lowest BCUT2D eigenvalue weighted by Crippen LogP contribution is -2.43. The summed E-state index contributed by atoms with van der Waals surface area (Å²) in [6.45, 7) is 13.2. The number of unbranched alkanes of at least 4 members (excludes halogenated alkanes) is 1. The zero-order chi connectivity index (χ0) is 24.5. The van der Waals surface area contributed by atoms with Crippen molar-refractivity contribution < 1.29 is 32.3 Å². The number of carbonyl (C=O) groups is 1. The molecule has 0 aromatic heterocycles. The second-order valence-corrected chi connectivity index (χ2v) is 20.7. The molecule has 1 aromatic carbocycles. The number of rotatable bonds is 14. The highest BCUT2D eigenvalue weighted by molar-refractivity contribution is 6.81. The van der Waals surface area contributed by atoms with Crippen molar-refractivity contribution >= 4 is 38.0 Å². The Labute approximate surface area is 196 Å². The fourth-order valence-corrected chi connectivity index (χ4v) is 10.5. The molecule has 1 radical (unpaired) electrons. The monoisotopic (exact) mass is 499 g/mol. The molecule has 181 valence electrons. The van der Waals surface area contributed by atoms with Gasteiger partial charge in [-0.15, -0.1) is 0 Å². The SMILES string of the molecule is COc1cc(/C=C/C(=O)O)c(CCCC[Si](O[Si](C)(C)C)O[Si](C)(C)C)c(OC)c1OC. The number of carboxylic acids is 1. The molecule has 0 saturated heterocycles. The summed E-state index contributed by atoms with van der Waals surface area (Å²) < 4.78 is 29.4. The van der Waals surface area contributed by atoms with E-state index in [1.807, 2.05) is 0 Å². The maximum atomic E-state index is 11.1. The fourth-order valence-electron chi connectivity index (χ4n) is 3.18. The summed E-state index contributed by atoms with van der Waals surface area (Å²) in [6.07, 6.45) is 5.23. The van der Waals surface area contributed by atoms with Gasteiger partial charge in [0.2, 0.25) is 5.75 Å². The molecular weight excluding hydrogens is 460 g/mol. The number of ether oxygens (including phenoxy) is 3. The topological polar surface area (TPSA) is 83.5 Å². The van der Waals surface area contributed by atoms with E-state index in [1.54, 1.807) is 33.5 Å². The largest absolute Gasteiger partial charge is 0.493 e. The highest BCUT2D eigenvalue weighted by atomic mass is 28.4. The van der Waals surface area contributed by atoms with Crippen LogP contribution in [0.4, 0.5) is 0 Å². The molecule has 0 spiro atoms. The van der Waals surface area contributed by atoms with Gasteiger partial charge in [0.1, 0.15) is 0 Å². The maximum Gasteiger partial charge on any atom is 0.362 e. The Morgan fingerprint density at radius 1 is 0.938 bits per heavy atom. The maximum absolute atomic E-state index is 11.1. The van der Waals surface area contributed by atoms with E-state index in [0.717, 1.165) is 36.1 Å². The van der Waals surface area contributed by atoms with E-state index in [-0.39, 0.29) is 0 Å². The van der Waals surface area contributed by atoms with Crippen molar-refractivity contribution in [3.8, 4) is 17.2 Å². The lowest BCUT2D eigenvalue weighted by molar-refractivity contribution is -0.131. The molecule has 1 aromatic rings. The summed E-state index contributed by atoms with van der Waals surface area (Å²) in [5, 5.41) is 9.09. The molecule has 10 heteroatoms. The van der Waals surface area contributed by atoms with Crippen molar-refractivity contribution in [1.82, 2.24) is 0 Å². The third kappa shape index (κ3) is 9.90. The Balaban J connectivity index is 3.07. The third-order valence-corrected chi connectivity index (χ3v) is 11.8. The van der Waals surface area contributed by atoms with E-state index >= 15 is 0 Å². The van der Waals surface area contributed by atoms with Gasteiger partial charge in [-0.25, -0.2) is 4.79 Å². The van der Waals surface area contributed by atoms with Crippen molar-refractivity contribution in [2.75, 3.05) is 21.3 Å². The summed E-state index contributed by atoms with van der Waals surface area (Å²) in [4.78, 5) is 11.1. The zero-order valence-electron chi connectivity index (χ0n) is 21.0. The van der Waals surface area contributed by atoms with Gasteiger partial charge >= 0.3 is 15.3 Å². The molecule has 0 bridgehead atoms. The van der Waals surface area contributed by atoms with Crippen LogP contribution in [0.3, 0.4) is 0 Å². The molecule has 1 N–H and O–H groups in total. The van der Waals surface area contributed by atoms with Crippen LogP contribution in [0.1, 0.15) is 24.0 Å². The number of aliphatic carboxylic acids is 1. The Kier molecular flexibility index (Phi) is 11.2. The van der Waals surface area contributed by atoms with Crippen LogP contribution in [0.25, 0.3) is 6.08 Å². The Hall–Kier alpha value is -1.60. The van der Waals surface area contributed by atoms with E-state index in [0.29, 0.717) is 23.7 Å². The average Bonchev–Trinajstić information content (AvgIpc) is 2.66. The smallest absolute Gasteiger partial charge is 0.362 e. The van der Waals surface area contributed by atoms with Crippen LogP contribution < -0.4 is 14.2 Å². The van der Waals surface area contributed by atoms with Crippen molar-refractivity contribution in [3.63, 3.8) is 0 Å². The summed E-state index contributed by atoms with van der Waals surface area (Å²) in [6, 6.07) is 2.70. The molecule has 0 aliphatic heterocycles. The van der Waals surface area contributed by atoms with Gasteiger partial charge in [0.25, 0.3) is 0 Å². The summed E-state index contributed by atoms with van der Waals surface area (Å²) in [7, 11) is -0.0110. The predicted molar refractivity (Wildman–Crippen MR) is 135 cm³/mol. The van der Waals surface area contributed by atoms with Crippen LogP contribution in [0.5, 0.6) is 17.2 Å². The van der Waals surface area contributed by atoms with Gasteiger partial charge in [-0.3, -0.25) is 0 Å². The Bertz CT molecular complexity index is 767. The molecule has 0 amide bonds. The van der Waals surface area contributed by atoms with Crippen LogP contribution in [0.15, 0.2) is 12.1 Å². The van der Waals surface area contributed by atoms with Crippen molar-refractivity contribution in [1.29, 1.82) is 0 Å². The minimum atomic E-state index is -1.68. The number of hydrogen-bond acceptors (Lipinski definition) is 6. The lowest BCUT2D eigenvalue weighted by Gasteiger charge is -2.29. The number of benzene rings is 1. The second kappa shape index (κ2) is 12.6. The second-order valence-electron chi connectivity index (χ2n) is 9.39. The minimum absolute atomic E-state index is 0.496. The van der Waals surface area contributed by atoms with Gasteiger partial charge in [-0.05, 0) is 75.9 Å². The van der Waals surface area contributed by atoms with Crippen LogP contribution in [-0.2, 0) is 19.4 Å². The molecule has 0 atom stereocenters. The lowest BCUT2D eigenvalue weighted by atomic mass is 9.99. The standard InChI is InChI=1S/C22H39O7Si3/c1-25-19-16-17(13-14-20(23)24)18(21(26-2)22(19)27-3)12-10-11-15-30(28-31(4,5)6)29-32(7,8)9/h13-14,16H,10-12,15H2,1-9H3,(H,23,24)/b14-13+. The first-order chi connectivity index (χ1) is 14.8. The summed E-state index contributed by atoms with van der Waals surface area (Å²) >= 11 is 0. The van der Waals surface area contributed by atoms with E-state index in [9.17, 15) is 4.79 Å². The predicted octanol–water partition coefficient (Wildman–Crippen LogP) is 5.32. The molecule has 32 heavy (non-hydrogen) atoms.